The molecule has 0 N–H and O–H groups in total. The van der Waals surface area contributed by atoms with Gasteiger partial charge in [0.05, 0.1) is 27.8 Å². The molecule has 5 nitrogen and oxygen atoms in total. The zero-order valence-corrected chi connectivity index (χ0v) is 17.3. The highest BCUT2D eigenvalue weighted by Gasteiger charge is 2.20. The van der Waals surface area contributed by atoms with E-state index in [0.29, 0.717) is 33.6 Å². The third kappa shape index (κ3) is 4.66. The summed E-state index contributed by atoms with van der Waals surface area (Å²) in [6.07, 6.45) is 0.0305. The van der Waals surface area contributed by atoms with Crippen LogP contribution in [0.25, 0.3) is 0 Å². The van der Waals surface area contributed by atoms with Crippen LogP contribution in [0.1, 0.15) is 36.5 Å². The molecule has 0 bridgehead atoms. The maximum absolute atomic E-state index is 12.6. The molecule has 0 fully saturated rings. The lowest BCUT2D eigenvalue weighted by atomic mass is 10.0. The first-order valence-corrected chi connectivity index (χ1v) is 8.98. The van der Waals surface area contributed by atoms with Crippen LogP contribution in [0.3, 0.4) is 0 Å². The van der Waals surface area contributed by atoms with Gasteiger partial charge in [-0.05, 0) is 42.2 Å². The second kappa shape index (κ2) is 9.00. The van der Waals surface area contributed by atoms with E-state index in [9.17, 15) is 4.79 Å². The number of rotatable bonds is 7. The predicted octanol–water partition coefficient (Wildman–Crippen LogP) is 4.95. The maximum Gasteiger partial charge on any atom is 0.315 e. The van der Waals surface area contributed by atoms with Gasteiger partial charge in [-0.1, -0.05) is 31.5 Å². The smallest absolute Gasteiger partial charge is 0.315 e. The standard InChI is InChI=1S/C21H25ClO5/c1-12(2)15-11-16(22)13(3)9-18(15)27-19(23)10-14-7-8-17(24-4)21(26-6)20(14)25-5/h7-9,11-12H,10H2,1-6H3. The van der Waals surface area contributed by atoms with E-state index in [2.05, 4.69) is 0 Å². The van der Waals surface area contributed by atoms with Crippen molar-refractivity contribution in [3.63, 3.8) is 0 Å². The minimum Gasteiger partial charge on any atom is -0.493 e. The summed E-state index contributed by atoms with van der Waals surface area (Å²) in [5.74, 6) is 1.71. The third-order valence-electron chi connectivity index (χ3n) is 4.26. The van der Waals surface area contributed by atoms with Crippen molar-refractivity contribution in [1.29, 1.82) is 0 Å². The lowest BCUT2D eigenvalue weighted by Crippen LogP contribution is -2.14. The van der Waals surface area contributed by atoms with Crippen LogP contribution in [0.4, 0.5) is 0 Å². The van der Waals surface area contributed by atoms with Gasteiger partial charge in [-0.25, -0.2) is 0 Å². The number of carbonyl (C=O) groups is 1. The number of ether oxygens (including phenoxy) is 4. The topological polar surface area (TPSA) is 54.0 Å². The van der Waals surface area contributed by atoms with E-state index < -0.39 is 5.97 Å². The molecule has 146 valence electrons. The first-order chi connectivity index (χ1) is 12.8. The highest BCUT2D eigenvalue weighted by molar-refractivity contribution is 6.31. The fourth-order valence-corrected chi connectivity index (χ4v) is 3.00. The van der Waals surface area contributed by atoms with Gasteiger partial charge < -0.3 is 18.9 Å². The number of methoxy groups -OCH3 is 3. The van der Waals surface area contributed by atoms with Crippen molar-refractivity contribution >= 4 is 17.6 Å². The average Bonchev–Trinajstić information content (AvgIpc) is 2.63. The van der Waals surface area contributed by atoms with E-state index in [1.165, 1.54) is 14.2 Å². The normalized spacial score (nSPS) is 10.7. The van der Waals surface area contributed by atoms with E-state index in [-0.39, 0.29) is 12.3 Å². The van der Waals surface area contributed by atoms with E-state index in [1.54, 1.807) is 25.3 Å². The van der Waals surface area contributed by atoms with E-state index in [1.807, 2.05) is 26.8 Å². The summed E-state index contributed by atoms with van der Waals surface area (Å²) < 4.78 is 21.7. The molecular formula is C21H25ClO5. The summed E-state index contributed by atoms with van der Waals surface area (Å²) in [4.78, 5) is 12.6. The molecule has 27 heavy (non-hydrogen) atoms. The monoisotopic (exact) mass is 392 g/mol. The lowest BCUT2D eigenvalue weighted by molar-refractivity contribution is -0.133. The van der Waals surface area contributed by atoms with Crippen LogP contribution in [0.5, 0.6) is 23.0 Å². The molecule has 0 heterocycles. The highest BCUT2D eigenvalue weighted by atomic mass is 35.5. The number of benzene rings is 2. The number of esters is 1. The Morgan fingerprint density at radius 3 is 2.22 bits per heavy atom. The maximum atomic E-state index is 12.6. The molecule has 0 saturated carbocycles. The molecule has 0 amide bonds. The minimum absolute atomic E-state index is 0.0305. The largest absolute Gasteiger partial charge is 0.493 e. The molecule has 0 atom stereocenters. The molecular weight excluding hydrogens is 368 g/mol. The van der Waals surface area contributed by atoms with Gasteiger partial charge in [0.1, 0.15) is 5.75 Å². The second-order valence-electron chi connectivity index (χ2n) is 6.44. The number of aryl methyl sites for hydroxylation is 1. The molecule has 0 aliphatic heterocycles. The molecule has 6 heteroatoms. The van der Waals surface area contributed by atoms with Gasteiger partial charge in [-0.15, -0.1) is 0 Å². The van der Waals surface area contributed by atoms with Gasteiger partial charge >= 0.3 is 5.97 Å². The van der Waals surface area contributed by atoms with Crippen LogP contribution in [0, 0.1) is 6.92 Å². The Morgan fingerprint density at radius 1 is 1.00 bits per heavy atom. The molecule has 0 aromatic heterocycles. The van der Waals surface area contributed by atoms with Gasteiger partial charge in [0.2, 0.25) is 5.75 Å². The molecule has 2 aromatic rings. The number of hydrogen-bond donors (Lipinski definition) is 0. The fourth-order valence-electron chi connectivity index (χ4n) is 2.83. The Labute approximate surface area is 165 Å². The Balaban J connectivity index is 2.30. The van der Waals surface area contributed by atoms with Crippen molar-refractivity contribution in [2.45, 2.75) is 33.1 Å². The van der Waals surface area contributed by atoms with Crippen molar-refractivity contribution in [1.82, 2.24) is 0 Å². The highest BCUT2D eigenvalue weighted by Crippen LogP contribution is 2.40. The van der Waals surface area contributed by atoms with Crippen molar-refractivity contribution in [3.05, 3.63) is 46.0 Å². The summed E-state index contributed by atoms with van der Waals surface area (Å²) in [5.41, 5.74) is 2.39. The van der Waals surface area contributed by atoms with Gasteiger partial charge in [0.25, 0.3) is 0 Å². The van der Waals surface area contributed by atoms with Crippen LogP contribution >= 0.6 is 11.6 Å². The van der Waals surface area contributed by atoms with Crippen molar-refractivity contribution in [2.75, 3.05) is 21.3 Å². The first-order valence-electron chi connectivity index (χ1n) is 8.60. The third-order valence-corrected chi connectivity index (χ3v) is 4.66. The van der Waals surface area contributed by atoms with Gasteiger partial charge in [-0.3, -0.25) is 4.79 Å². The predicted molar refractivity (Wildman–Crippen MR) is 106 cm³/mol. The number of carbonyl (C=O) groups excluding carboxylic acids is 1. The SMILES string of the molecule is COc1ccc(CC(=O)Oc2cc(C)c(Cl)cc2C(C)C)c(OC)c1OC. The Kier molecular flexibility index (Phi) is 6.97. The van der Waals surface area contributed by atoms with Crippen molar-refractivity contribution in [2.24, 2.45) is 0 Å². The summed E-state index contributed by atoms with van der Waals surface area (Å²) >= 11 is 6.21. The molecule has 0 aliphatic rings. The fraction of sp³-hybridized carbons (Fsp3) is 0.381. The van der Waals surface area contributed by atoms with Crippen molar-refractivity contribution < 1.29 is 23.7 Å². The van der Waals surface area contributed by atoms with E-state index in [0.717, 1.165) is 11.1 Å². The molecule has 0 saturated heterocycles. The molecule has 0 radical (unpaired) electrons. The first kappa shape index (κ1) is 20.9. The zero-order chi connectivity index (χ0) is 20.1. The molecule has 0 aliphatic carbocycles. The Morgan fingerprint density at radius 2 is 1.67 bits per heavy atom. The zero-order valence-electron chi connectivity index (χ0n) is 16.5. The molecule has 0 unspecified atom stereocenters. The van der Waals surface area contributed by atoms with Crippen LogP contribution in [-0.2, 0) is 11.2 Å². The summed E-state index contributed by atoms with van der Waals surface area (Å²) in [5, 5.41) is 0.653. The molecule has 2 rings (SSSR count). The minimum atomic E-state index is -0.399. The van der Waals surface area contributed by atoms with Crippen LogP contribution in [-0.4, -0.2) is 27.3 Å². The van der Waals surface area contributed by atoms with Gasteiger partial charge in [0.15, 0.2) is 11.5 Å². The van der Waals surface area contributed by atoms with Gasteiger partial charge in [-0.2, -0.15) is 0 Å². The van der Waals surface area contributed by atoms with Crippen LogP contribution in [0.2, 0.25) is 5.02 Å². The Bertz CT molecular complexity index is 830. The van der Waals surface area contributed by atoms with Crippen LogP contribution in [0.15, 0.2) is 24.3 Å². The number of hydrogen-bond acceptors (Lipinski definition) is 5. The van der Waals surface area contributed by atoms with E-state index >= 15 is 0 Å². The van der Waals surface area contributed by atoms with Gasteiger partial charge in [0, 0.05) is 10.6 Å². The summed E-state index contributed by atoms with van der Waals surface area (Å²) in [6, 6.07) is 7.14. The average molecular weight is 393 g/mol. The van der Waals surface area contributed by atoms with Crippen LogP contribution < -0.4 is 18.9 Å². The van der Waals surface area contributed by atoms with Crippen molar-refractivity contribution in [3.8, 4) is 23.0 Å². The Hall–Kier alpha value is -2.40. The summed E-state index contributed by atoms with van der Waals surface area (Å²) in [6.45, 7) is 5.92. The molecule has 0 spiro atoms. The lowest BCUT2D eigenvalue weighted by Gasteiger charge is -2.17. The van der Waals surface area contributed by atoms with E-state index in [4.69, 9.17) is 30.5 Å². The quantitative estimate of drug-likeness (QED) is 0.493. The summed E-state index contributed by atoms with van der Waals surface area (Å²) in [7, 11) is 4.58. The second-order valence-corrected chi connectivity index (χ2v) is 6.85. The number of halogens is 1. The molecule has 2 aromatic carbocycles.